The van der Waals surface area contributed by atoms with Crippen molar-refractivity contribution in [1.29, 1.82) is 0 Å². The summed E-state index contributed by atoms with van der Waals surface area (Å²) in [6.45, 7) is 10.6. The van der Waals surface area contributed by atoms with Crippen molar-refractivity contribution in [3.8, 4) is 0 Å². The molecule has 1 aliphatic rings. The van der Waals surface area contributed by atoms with Crippen molar-refractivity contribution in [3.05, 3.63) is 35.4 Å². The molecular weight excluding hydrogens is 260 g/mol. The number of nitrogens with zero attached hydrogens (tertiary/aromatic N) is 2. The number of rotatable bonds is 4. The van der Waals surface area contributed by atoms with Crippen LogP contribution in [0.25, 0.3) is 0 Å². The van der Waals surface area contributed by atoms with E-state index in [0.29, 0.717) is 12.1 Å². The number of aryl methyl sites for hydroxylation is 1. The molecule has 116 valence electrons. The summed E-state index contributed by atoms with van der Waals surface area (Å²) in [7, 11) is 2.17. The predicted octanol–water partition coefficient (Wildman–Crippen LogP) is 2.84. The van der Waals surface area contributed by atoms with E-state index in [1.807, 2.05) is 19.1 Å². The van der Waals surface area contributed by atoms with Gasteiger partial charge in [0.1, 0.15) is 0 Å². The molecule has 3 atom stereocenters. The van der Waals surface area contributed by atoms with Gasteiger partial charge in [0.15, 0.2) is 5.78 Å². The lowest BCUT2D eigenvalue weighted by molar-refractivity contribution is 0.0355. The molecule has 0 aromatic heterocycles. The molecule has 1 heterocycles. The fourth-order valence-corrected chi connectivity index (χ4v) is 3.07. The Hall–Kier alpha value is -1.19. The lowest BCUT2D eigenvalue weighted by Gasteiger charge is -2.44. The van der Waals surface area contributed by atoms with Crippen molar-refractivity contribution >= 4 is 5.78 Å². The van der Waals surface area contributed by atoms with Crippen molar-refractivity contribution < 1.29 is 4.79 Å². The summed E-state index contributed by atoms with van der Waals surface area (Å²) >= 11 is 0. The minimum absolute atomic E-state index is 0.0453. The van der Waals surface area contributed by atoms with Crippen LogP contribution in [0.2, 0.25) is 0 Å². The number of hydrogen-bond donors (Lipinski definition) is 0. The standard InChI is InChI=1S/C18H28N2O/c1-6-16-7-9-17(10-8-16)18(21)15(4)20-11-13(2)19(5)14(3)12-20/h7-10,13-15H,6,11-12H2,1-5H3. The average molecular weight is 288 g/mol. The van der Waals surface area contributed by atoms with Gasteiger partial charge in [-0.1, -0.05) is 31.2 Å². The molecule has 0 saturated carbocycles. The van der Waals surface area contributed by atoms with Crippen LogP contribution in [0, 0.1) is 0 Å². The van der Waals surface area contributed by atoms with Crippen molar-refractivity contribution in [2.45, 2.75) is 52.2 Å². The van der Waals surface area contributed by atoms with E-state index in [0.717, 1.165) is 25.1 Å². The summed E-state index contributed by atoms with van der Waals surface area (Å²) in [5.74, 6) is 0.238. The van der Waals surface area contributed by atoms with Gasteiger partial charge in [0.05, 0.1) is 6.04 Å². The Balaban J connectivity index is 2.08. The van der Waals surface area contributed by atoms with E-state index >= 15 is 0 Å². The zero-order chi connectivity index (χ0) is 15.6. The van der Waals surface area contributed by atoms with Gasteiger partial charge < -0.3 is 0 Å². The number of carbonyl (C=O) groups excluding carboxylic acids is 1. The molecule has 3 heteroatoms. The number of likely N-dealkylation sites (N-methyl/N-ethyl adjacent to an activating group) is 1. The molecule has 0 aliphatic carbocycles. The maximum atomic E-state index is 12.7. The highest BCUT2D eigenvalue weighted by Gasteiger charge is 2.31. The Morgan fingerprint density at radius 3 is 2.19 bits per heavy atom. The van der Waals surface area contributed by atoms with Crippen LogP contribution in [0.1, 0.15) is 43.6 Å². The smallest absolute Gasteiger partial charge is 0.179 e. The van der Waals surface area contributed by atoms with E-state index in [-0.39, 0.29) is 11.8 Å². The molecule has 1 fully saturated rings. The Morgan fingerprint density at radius 1 is 1.19 bits per heavy atom. The molecule has 3 unspecified atom stereocenters. The number of carbonyl (C=O) groups is 1. The van der Waals surface area contributed by atoms with Crippen molar-refractivity contribution in [1.82, 2.24) is 9.80 Å². The van der Waals surface area contributed by atoms with Gasteiger partial charge >= 0.3 is 0 Å². The highest BCUT2D eigenvalue weighted by Crippen LogP contribution is 2.18. The Bertz CT molecular complexity index is 470. The minimum Gasteiger partial charge on any atom is -0.298 e. The van der Waals surface area contributed by atoms with Crippen LogP contribution in [-0.2, 0) is 6.42 Å². The molecule has 1 aromatic carbocycles. The summed E-state index contributed by atoms with van der Waals surface area (Å²) in [4.78, 5) is 17.4. The lowest BCUT2D eigenvalue weighted by Crippen LogP contribution is -2.58. The molecule has 1 aliphatic heterocycles. The molecule has 0 radical (unpaired) electrons. The topological polar surface area (TPSA) is 23.6 Å². The van der Waals surface area contributed by atoms with Crippen LogP contribution >= 0.6 is 0 Å². The number of piperazine rings is 1. The van der Waals surface area contributed by atoms with Gasteiger partial charge in [-0.2, -0.15) is 0 Å². The quantitative estimate of drug-likeness (QED) is 0.796. The zero-order valence-corrected chi connectivity index (χ0v) is 14.0. The summed E-state index contributed by atoms with van der Waals surface area (Å²) in [6.07, 6.45) is 1.01. The zero-order valence-electron chi connectivity index (χ0n) is 14.0. The van der Waals surface area contributed by atoms with Gasteiger partial charge in [0.25, 0.3) is 0 Å². The first kappa shape index (κ1) is 16.2. The largest absolute Gasteiger partial charge is 0.298 e. The molecule has 0 N–H and O–H groups in total. The highest BCUT2D eigenvalue weighted by atomic mass is 16.1. The third kappa shape index (κ3) is 3.53. The second kappa shape index (κ2) is 6.71. The Morgan fingerprint density at radius 2 is 1.71 bits per heavy atom. The van der Waals surface area contributed by atoms with Gasteiger partial charge in [-0.25, -0.2) is 0 Å². The van der Waals surface area contributed by atoms with Gasteiger partial charge in [-0.15, -0.1) is 0 Å². The maximum Gasteiger partial charge on any atom is 0.179 e. The molecule has 1 saturated heterocycles. The maximum absolute atomic E-state index is 12.7. The summed E-state index contributed by atoms with van der Waals surface area (Å²) in [5.41, 5.74) is 2.11. The van der Waals surface area contributed by atoms with Gasteiger partial charge in [0, 0.05) is 30.7 Å². The van der Waals surface area contributed by atoms with Crippen LogP contribution in [0.3, 0.4) is 0 Å². The van der Waals surface area contributed by atoms with E-state index in [1.54, 1.807) is 0 Å². The molecule has 0 bridgehead atoms. The van der Waals surface area contributed by atoms with E-state index in [2.05, 4.69) is 49.8 Å². The van der Waals surface area contributed by atoms with Gasteiger partial charge in [-0.3, -0.25) is 14.6 Å². The molecule has 0 amide bonds. The normalized spacial score (nSPS) is 25.8. The second-order valence-corrected chi connectivity index (χ2v) is 6.41. The van der Waals surface area contributed by atoms with Crippen LogP contribution in [0.5, 0.6) is 0 Å². The second-order valence-electron chi connectivity index (χ2n) is 6.41. The molecule has 3 nitrogen and oxygen atoms in total. The van der Waals surface area contributed by atoms with E-state index in [4.69, 9.17) is 0 Å². The van der Waals surface area contributed by atoms with Gasteiger partial charge in [-0.05, 0) is 39.8 Å². The van der Waals surface area contributed by atoms with Crippen molar-refractivity contribution in [2.75, 3.05) is 20.1 Å². The number of ketones is 1. The van der Waals surface area contributed by atoms with E-state index in [1.165, 1.54) is 5.56 Å². The summed E-state index contributed by atoms with van der Waals surface area (Å²) in [5, 5.41) is 0. The van der Waals surface area contributed by atoms with Crippen molar-refractivity contribution in [3.63, 3.8) is 0 Å². The first-order valence-corrected chi connectivity index (χ1v) is 8.03. The number of Topliss-reactive ketones (excluding diaryl/α,β-unsaturated/α-hetero) is 1. The van der Waals surface area contributed by atoms with Gasteiger partial charge in [0.2, 0.25) is 0 Å². The monoisotopic (exact) mass is 288 g/mol. The number of benzene rings is 1. The third-order valence-corrected chi connectivity index (χ3v) is 4.96. The molecule has 2 rings (SSSR count). The van der Waals surface area contributed by atoms with E-state index in [9.17, 15) is 4.79 Å². The fraction of sp³-hybridized carbons (Fsp3) is 0.611. The lowest BCUT2D eigenvalue weighted by atomic mass is 9.99. The minimum atomic E-state index is -0.0453. The highest BCUT2D eigenvalue weighted by molar-refractivity contribution is 5.99. The van der Waals surface area contributed by atoms with Crippen molar-refractivity contribution in [2.24, 2.45) is 0 Å². The molecule has 21 heavy (non-hydrogen) atoms. The fourth-order valence-electron chi connectivity index (χ4n) is 3.07. The Kier molecular flexibility index (Phi) is 5.17. The SMILES string of the molecule is CCc1ccc(C(=O)C(C)N2CC(C)N(C)C(C)C2)cc1. The predicted molar refractivity (Wildman–Crippen MR) is 87.9 cm³/mol. The summed E-state index contributed by atoms with van der Waals surface area (Å²) < 4.78 is 0. The molecular formula is C18H28N2O. The molecule has 0 spiro atoms. The van der Waals surface area contributed by atoms with E-state index < -0.39 is 0 Å². The first-order valence-electron chi connectivity index (χ1n) is 8.03. The molecule has 1 aromatic rings. The average Bonchev–Trinajstić information content (AvgIpc) is 2.50. The van der Waals surface area contributed by atoms with Crippen LogP contribution in [0.4, 0.5) is 0 Å². The summed E-state index contributed by atoms with van der Waals surface area (Å²) in [6, 6.07) is 9.01. The van der Waals surface area contributed by atoms with Crippen LogP contribution < -0.4 is 0 Å². The van der Waals surface area contributed by atoms with Crippen LogP contribution in [-0.4, -0.2) is 53.8 Å². The first-order chi connectivity index (χ1) is 9.93. The third-order valence-electron chi connectivity index (χ3n) is 4.96. The van der Waals surface area contributed by atoms with Crippen LogP contribution in [0.15, 0.2) is 24.3 Å². The number of hydrogen-bond acceptors (Lipinski definition) is 3. The Labute approximate surface area is 128 Å².